The molecule has 0 saturated heterocycles. The summed E-state index contributed by atoms with van der Waals surface area (Å²) >= 11 is 0. The highest BCUT2D eigenvalue weighted by atomic mass is 19.2. The molecule has 9 nitrogen and oxygen atoms in total. The van der Waals surface area contributed by atoms with Crippen LogP contribution in [-0.4, -0.2) is 33.6 Å². The summed E-state index contributed by atoms with van der Waals surface area (Å²) in [5.41, 5.74) is 0. The van der Waals surface area contributed by atoms with Crippen LogP contribution in [0.15, 0.2) is 0 Å². The van der Waals surface area contributed by atoms with Gasteiger partial charge in [-0.05, 0) is 0 Å². The molecule has 0 unspecified atom stereocenters. The van der Waals surface area contributed by atoms with E-state index in [1.807, 2.05) is 0 Å². The molecule has 1 N–H and O–H groups in total. The molecule has 74 valence electrons. The first-order valence-electron chi connectivity index (χ1n) is 2.64. The second kappa shape index (κ2) is 3.60. The van der Waals surface area contributed by atoms with Crippen LogP contribution in [0, 0.1) is 20.2 Å². The monoisotopic (exact) mass is 198 g/mol. The molecule has 0 amide bonds. The number of carboxylic acid groups (broad SMARTS) is 1. The fourth-order valence-corrected chi connectivity index (χ4v) is 0.326. The zero-order valence-electron chi connectivity index (χ0n) is 5.88. The van der Waals surface area contributed by atoms with Crippen molar-refractivity contribution in [2.45, 2.75) is 5.92 Å². The molecule has 0 aliphatic carbocycles. The lowest BCUT2D eigenvalue weighted by Crippen LogP contribution is -2.46. The van der Waals surface area contributed by atoms with Crippen molar-refractivity contribution in [3.05, 3.63) is 20.2 Å². The Kier molecular flexibility index (Phi) is 3.05. The molecule has 0 heterocycles. The van der Waals surface area contributed by atoms with E-state index in [-0.39, 0.29) is 0 Å². The topological polar surface area (TPSA) is 133 Å². The van der Waals surface area contributed by atoms with Crippen LogP contribution in [0.4, 0.5) is 9.18 Å². The standard InChI is InChI=1S/C3H3FN2O7/c4-3(5(9)10,6(11)12)1-13-2(7)8/h1H2,(H,7,8). The SMILES string of the molecule is O=C(O)OCC(F)([N+](=O)[O-])[N+](=O)[O-]. The van der Waals surface area contributed by atoms with E-state index in [9.17, 15) is 29.4 Å². The van der Waals surface area contributed by atoms with Crippen LogP contribution in [0.5, 0.6) is 0 Å². The lowest BCUT2D eigenvalue weighted by molar-refractivity contribution is -0.832. The molecule has 13 heavy (non-hydrogen) atoms. The van der Waals surface area contributed by atoms with Gasteiger partial charge >= 0.3 is 12.1 Å². The highest BCUT2D eigenvalue weighted by molar-refractivity contribution is 5.56. The van der Waals surface area contributed by atoms with E-state index < -0.39 is 28.5 Å². The minimum Gasteiger partial charge on any atom is -0.450 e. The maximum absolute atomic E-state index is 12.6. The second-order valence-electron chi connectivity index (χ2n) is 1.79. The molecular formula is C3H3FN2O7. The van der Waals surface area contributed by atoms with Crippen molar-refractivity contribution in [1.29, 1.82) is 0 Å². The van der Waals surface area contributed by atoms with E-state index in [1.165, 1.54) is 0 Å². The summed E-state index contributed by atoms with van der Waals surface area (Å²) in [5.74, 6) is -4.13. The van der Waals surface area contributed by atoms with Crippen molar-refractivity contribution in [3.63, 3.8) is 0 Å². The maximum Gasteiger partial charge on any atom is 0.648 e. The fraction of sp³-hybridized carbons (Fsp3) is 0.667. The molecule has 0 radical (unpaired) electrons. The smallest absolute Gasteiger partial charge is 0.450 e. The van der Waals surface area contributed by atoms with E-state index in [4.69, 9.17) is 5.11 Å². The summed E-state index contributed by atoms with van der Waals surface area (Å²) in [4.78, 5) is 25.5. The molecule has 0 aliphatic heterocycles. The van der Waals surface area contributed by atoms with Crippen molar-refractivity contribution in [3.8, 4) is 0 Å². The van der Waals surface area contributed by atoms with Gasteiger partial charge in [0.2, 0.25) is 0 Å². The predicted octanol–water partition coefficient (Wildman–Crippen LogP) is -0.142. The minimum atomic E-state index is -4.13. The summed E-state index contributed by atoms with van der Waals surface area (Å²) in [7, 11) is 0. The Balaban J connectivity index is 4.52. The molecule has 0 atom stereocenters. The highest BCUT2D eigenvalue weighted by Gasteiger charge is 2.59. The van der Waals surface area contributed by atoms with Crippen molar-refractivity contribution in [2.24, 2.45) is 0 Å². The van der Waals surface area contributed by atoms with Crippen LogP contribution in [0.1, 0.15) is 0 Å². The molecule has 0 rings (SSSR count). The Hall–Kier alpha value is -2.00. The summed E-state index contributed by atoms with van der Waals surface area (Å²) < 4.78 is 16.0. The molecule has 0 fully saturated rings. The van der Waals surface area contributed by atoms with Gasteiger partial charge in [0, 0.05) is 0 Å². The predicted molar refractivity (Wildman–Crippen MR) is 31.8 cm³/mol. The van der Waals surface area contributed by atoms with E-state index in [0.717, 1.165) is 0 Å². The zero-order chi connectivity index (χ0) is 10.6. The largest absolute Gasteiger partial charge is 0.648 e. The van der Waals surface area contributed by atoms with Gasteiger partial charge < -0.3 is 9.84 Å². The van der Waals surface area contributed by atoms with Gasteiger partial charge in [-0.1, -0.05) is 4.39 Å². The number of hydrogen-bond donors (Lipinski definition) is 1. The number of ether oxygens (including phenoxy) is 1. The van der Waals surface area contributed by atoms with Crippen molar-refractivity contribution in [1.82, 2.24) is 0 Å². The van der Waals surface area contributed by atoms with Gasteiger partial charge in [0.05, 0.1) is 0 Å². The molecule has 0 spiro atoms. The fourth-order valence-electron chi connectivity index (χ4n) is 0.326. The third kappa shape index (κ3) is 2.50. The summed E-state index contributed by atoms with van der Waals surface area (Å²) in [6, 6.07) is 0. The third-order valence-electron chi connectivity index (χ3n) is 0.939. The van der Waals surface area contributed by atoms with Crippen molar-refractivity contribution >= 4 is 6.16 Å². The van der Waals surface area contributed by atoms with Crippen LogP contribution >= 0.6 is 0 Å². The average molecular weight is 198 g/mol. The lowest BCUT2D eigenvalue weighted by Gasteiger charge is -2.06. The molecule has 0 bridgehead atoms. The molecule has 0 aliphatic rings. The number of rotatable bonds is 4. The summed E-state index contributed by atoms with van der Waals surface area (Å²) in [6.07, 6.45) is -2.04. The molecule has 0 aromatic rings. The number of hydrogen-bond acceptors (Lipinski definition) is 6. The Morgan fingerprint density at radius 1 is 1.46 bits per heavy atom. The number of halogens is 1. The second-order valence-corrected chi connectivity index (χ2v) is 1.79. The average Bonchev–Trinajstić information content (AvgIpc) is 1.99. The first-order chi connectivity index (χ1) is 5.80. The van der Waals surface area contributed by atoms with Gasteiger partial charge in [-0.15, -0.1) is 0 Å². The lowest BCUT2D eigenvalue weighted by atomic mass is 10.5. The van der Waals surface area contributed by atoms with Crippen LogP contribution in [0.3, 0.4) is 0 Å². The van der Waals surface area contributed by atoms with E-state index >= 15 is 0 Å². The van der Waals surface area contributed by atoms with Crippen molar-refractivity contribution in [2.75, 3.05) is 6.61 Å². The highest BCUT2D eigenvalue weighted by Crippen LogP contribution is 2.13. The number of nitro groups is 2. The van der Waals surface area contributed by atoms with Crippen molar-refractivity contribution < 1.29 is 28.9 Å². The van der Waals surface area contributed by atoms with Crippen LogP contribution in [0.25, 0.3) is 0 Å². The molecule has 10 heteroatoms. The van der Waals surface area contributed by atoms with Gasteiger partial charge in [-0.2, -0.15) is 0 Å². The minimum absolute atomic E-state index is 1.79. The third-order valence-corrected chi connectivity index (χ3v) is 0.939. The molecule has 0 aromatic carbocycles. The normalized spacial score (nSPS) is 10.5. The van der Waals surface area contributed by atoms with Gasteiger partial charge in [0.25, 0.3) is 6.61 Å². The van der Waals surface area contributed by atoms with Crippen LogP contribution in [0.2, 0.25) is 0 Å². The summed E-state index contributed by atoms with van der Waals surface area (Å²) in [6.45, 7) is -1.79. The molecule has 0 saturated carbocycles. The van der Waals surface area contributed by atoms with Gasteiger partial charge in [0.1, 0.15) is 9.85 Å². The van der Waals surface area contributed by atoms with Gasteiger partial charge in [0.15, 0.2) is 0 Å². The van der Waals surface area contributed by atoms with E-state index in [2.05, 4.69) is 4.74 Å². The molecular weight excluding hydrogens is 195 g/mol. The Morgan fingerprint density at radius 3 is 2.08 bits per heavy atom. The van der Waals surface area contributed by atoms with Crippen LogP contribution in [-0.2, 0) is 4.74 Å². The van der Waals surface area contributed by atoms with Crippen LogP contribution < -0.4 is 0 Å². The number of nitrogens with zero attached hydrogens (tertiary/aromatic N) is 2. The first-order valence-corrected chi connectivity index (χ1v) is 2.64. The number of carbonyl (C=O) groups is 1. The zero-order valence-corrected chi connectivity index (χ0v) is 5.88. The van der Waals surface area contributed by atoms with E-state index in [1.54, 1.807) is 0 Å². The number of alkyl halides is 1. The summed E-state index contributed by atoms with van der Waals surface area (Å²) in [5, 5.41) is 27.4. The Morgan fingerprint density at radius 2 is 1.85 bits per heavy atom. The van der Waals surface area contributed by atoms with Gasteiger partial charge in [-0.25, -0.2) is 4.79 Å². The van der Waals surface area contributed by atoms with E-state index in [0.29, 0.717) is 0 Å². The quantitative estimate of drug-likeness (QED) is 0.218. The Bertz CT molecular complexity index is 238. The van der Waals surface area contributed by atoms with Gasteiger partial charge in [-0.3, -0.25) is 20.2 Å². The molecule has 0 aromatic heterocycles. The first kappa shape index (κ1) is 11.0. The maximum atomic E-state index is 12.6. The Labute approximate surface area is 69.0 Å².